The van der Waals surface area contributed by atoms with E-state index in [2.05, 4.69) is 11.4 Å². The summed E-state index contributed by atoms with van der Waals surface area (Å²) in [6.45, 7) is 8.38. The van der Waals surface area contributed by atoms with Gasteiger partial charge in [0.05, 0.1) is 6.42 Å². The van der Waals surface area contributed by atoms with E-state index in [4.69, 9.17) is 11.6 Å². The molecule has 1 N–H and O–H groups in total. The van der Waals surface area contributed by atoms with Gasteiger partial charge in [0.15, 0.2) is 0 Å². The molecule has 29 heavy (non-hydrogen) atoms. The molecule has 5 heteroatoms. The third-order valence-corrected chi connectivity index (χ3v) is 5.34. The van der Waals surface area contributed by atoms with Crippen molar-refractivity contribution in [2.75, 3.05) is 0 Å². The highest BCUT2D eigenvalue weighted by molar-refractivity contribution is 6.30. The van der Waals surface area contributed by atoms with Crippen LogP contribution in [0.2, 0.25) is 5.02 Å². The maximum absolute atomic E-state index is 13.3. The number of nitrogens with one attached hydrogen (secondary N) is 1. The van der Waals surface area contributed by atoms with E-state index >= 15 is 0 Å². The van der Waals surface area contributed by atoms with Crippen LogP contribution in [0.1, 0.15) is 50.3 Å². The van der Waals surface area contributed by atoms with Gasteiger partial charge in [-0.3, -0.25) is 9.59 Å². The van der Waals surface area contributed by atoms with E-state index in [1.54, 1.807) is 17.0 Å². The van der Waals surface area contributed by atoms with Gasteiger partial charge >= 0.3 is 0 Å². The number of nitrogens with zero attached hydrogens (tertiary/aromatic N) is 1. The molecule has 2 rings (SSSR count). The van der Waals surface area contributed by atoms with Crippen LogP contribution in [-0.2, 0) is 22.6 Å². The lowest BCUT2D eigenvalue weighted by Gasteiger charge is -2.31. The van der Waals surface area contributed by atoms with Crippen LogP contribution in [0.4, 0.5) is 0 Å². The molecule has 0 spiro atoms. The summed E-state index contributed by atoms with van der Waals surface area (Å²) in [6.07, 6.45) is 1.63. The van der Waals surface area contributed by atoms with Crippen LogP contribution in [0.15, 0.2) is 48.5 Å². The molecular formula is C24H31ClN2O2. The molecule has 2 amide bonds. The summed E-state index contributed by atoms with van der Waals surface area (Å²) in [5, 5.41) is 3.67. The lowest BCUT2D eigenvalue weighted by Crippen LogP contribution is -2.51. The van der Waals surface area contributed by atoms with E-state index in [0.717, 1.165) is 23.1 Å². The Balaban J connectivity index is 2.28. The maximum Gasteiger partial charge on any atom is 0.243 e. The number of hydrogen-bond donors (Lipinski definition) is 1. The van der Waals surface area contributed by atoms with Crippen molar-refractivity contribution in [3.63, 3.8) is 0 Å². The van der Waals surface area contributed by atoms with Gasteiger partial charge in [-0.2, -0.15) is 0 Å². The van der Waals surface area contributed by atoms with Gasteiger partial charge in [0.1, 0.15) is 6.04 Å². The van der Waals surface area contributed by atoms with Crippen molar-refractivity contribution < 1.29 is 9.59 Å². The summed E-state index contributed by atoms with van der Waals surface area (Å²) in [5.74, 6) is -0.168. The molecule has 2 aromatic rings. The molecule has 0 saturated heterocycles. The van der Waals surface area contributed by atoms with Crippen molar-refractivity contribution in [2.24, 2.45) is 0 Å². The number of halogens is 1. The lowest BCUT2D eigenvalue weighted by molar-refractivity contribution is -0.141. The quantitative estimate of drug-likeness (QED) is 0.633. The van der Waals surface area contributed by atoms with Crippen LogP contribution < -0.4 is 5.32 Å². The molecule has 0 saturated carbocycles. The van der Waals surface area contributed by atoms with Crippen LogP contribution in [0.3, 0.4) is 0 Å². The van der Waals surface area contributed by atoms with Gasteiger partial charge in [-0.25, -0.2) is 0 Å². The Morgan fingerprint density at radius 3 is 2.31 bits per heavy atom. The summed E-state index contributed by atoms with van der Waals surface area (Å²) in [5.41, 5.74) is 3.03. The molecule has 0 aliphatic heterocycles. The van der Waals surface area contributed by atoms with Crippen LogP contribution in [-0.4, -0.2) is 28.8 Å². The normalized spacial score (nSPS) is 12.9. The van der Waals surface area contributed by atoms with Crippen LogP contribution in [0.5, 0.6) is 0 Å². The second kappa shape index (κ2) is 11.0. The predicted octanol–water partition coefficient (Wildman–Crippen LogP) is 4.91. The van der Waals surface area contributed by atoms with E-state index in [0.29, 0.717) is 18.0 Å². The summed E-state index contributed by atoms with van der Waals surface area (Å²) < 4.78 is 0. The summed E-state index contributed by atoms with van der Waals surface area (Å²) >= 11 is 5.96. The Labute approximate surface area is 179 Å². The standard InChI is InChI=1S/C24H31ClN2O2/c1-5-18(4)26-24(29)22(6-2)27(16-20-9-7-8-17(3)14-20)23(28)15-19-10-12-21(25)13-11-19/h7-14,18,22H,5-6,15-16H2,1-4H3,(H,26,29)/t18-,22+/m0/s1. The number of carbonyl (C=O) groups excluding carboxylic acids is 2. The van der Waals surface area contributed by atoms with Crippen molar-refractivity contribution in [3.8, 4) is 0 Å². The minimum Gasteiger partial charge on any atom is -0.352 e. The van der Waals surface area contributed by atoms with Gasteiger partial charge in [0.2, 0.25) is 11.8 Å². The maximum atomic E-state index is 13.3. The Kier molecular flexibility index (Phi) is 8.71. The van der Waals surface area contributed by atoms with E-state index in [-0.39, 0.29) is 24.3 Å². The number of amides is 2. The fourth-order valence-corrected chi connectivity index (χ4v) is 3.37. The van der Waals surface area contributed by atoms with E-state index < -0.39 is 6.04 Å². The molecule has 0 fully saturated rings. The molecule has 156 valence electrons. The minimum absolute atomic E-state index is 0.0695. The average Bonchev–Trinajstić information content (AvgIpc) is 2.69. The van der Waals surface area contributed by atoms with Crippen molar-refractivity contribution >= 4 is 23.4 Å². The molecule has 0 unspecified atom stereocenters. The second-order valence-electron chi connectivity index (χ2n) is 7.56. The van der Waals surface area contributed by atoms with Crippen molar-refractivity contribution in [3.05, 3.63) is 70.2 Å². The van der Waals surface area contributed by atoms with Crippen molar-refractivity contribution in [2.45, 2.75) is 65.6 Å². The Morgan fingerprint density at radius 1 is 1.03 bits per heavy atom. The van der Waals surface area contributed by atoms with Crippen LogP contribution in [0.25, 0.3) is 0 Å². The van der Waals surface area contributed by atoms with Gasteiger partial charge in [0, 0.05) is 17.6 Å². The first-order valence-electron chi connectivity index (χ1n) is 10.2. The number of rotatable bonds is 9. The smallest absolute Gasteiger partial charge is 0.243 e. The number of carbonyl (C=O) groups is 2. The first-order valence-corrected chi connectivity index (χ1v) is 10.6. The Hall–Kier alpha value is -2.33. The third-order valence-electron chi connectivity index (χ3n) is 5.09. The number of aryl methyl sites for hydroxylation is 1. The first kappa shape index (κ1) is 23.0. The van der Waals surface area contributed by atoms with Gasteiger partial charge in [-0.05, 0) is 49.9 Å². The fraction of sp³-hybridized carbons (Fsp3) is 0.417. The van der Waals surface area contributed by atoms with E-state index in [1.807, 2.05) is 58.0 Å². The number of hydrogen-bond acceptors (Lipinski definition) is 2. The molecule has 0 aliphatic carbocycles. The van der Waals surface area contributed by atoms with Crippen LogP contribution >= 0.6 is 11.6 Å². The topological polar surface area (TPSA) is 49.4 Å². The monoisotopic (exact) mass is 414 g/mol. The fourth-order valence-electron chi connectivity index (χ4n) is 3.25. The second-order valence-corrected chi connectivity index (χ2v) is 7.99. The zero-order valence-corrected chi connectivity index (χ0v) is 18.5. The van der Waals surface area contributed by atoms with Crippen molar-refractivity contribution in [1.29, 1.82) is 0 Å². The SMILES string of the molecule is CC[C@H](C(=O)N[C@@H](C)CC)N(Cc1cccc(C)c1)C(=O)Cc1ccc(Cl)cc1. The molecule has 0 aliphatic rings. The highest BCUT2D eigenvalue weighted by Crippen LogP contribution is 2.17. The largest absolute Gasteiger partial charge is 0.352 e. The minimum atomic E-state index is -0.510. The Morgan fingerprint density at radius 2 is 1.72 bits per heavy atom. The van der Waals surface area contributed by atoms with E-state index in [9.17, 15) is 9.59 Å². The molecule has 0 bridgehead atoms. The van der Waals surface area contributed by atoms with Crippen LogP contribution in [0, 0.1) is 6.92 Å². The lowest BCUT2D eigenvalue weighted by atomic mass is 10.1. The molecule has 0 aromatic heterocycles. The molecule has 2 aromatic carbocycles. The third kappa shape index (κ3) is 6.90. The van der Waals surface area contributed by atoms with Gasteiger partial charge in [-0.1, -0.05) is 67.4 Å². The molecule has 0 heterocycles. The molecule has 0 radical (unpaired) electrons. The Bertz CT molecular complexity index is 820. The highest BCUT2D eigenvalue weighted by atomic mass is 35.5. The zero-order valence-electron chi connectivity index (χ0n) is 17.7. The highest BCUT2D eigenvalue weighted by Gasteiger charge is 2.29. The molecular weight excluding hydrogens is 384 g/mol. The summed E-state index contributed by atoms with van der Waals surface area (Å²) in [6, 6.07) is 14.9. The average molecular weight is 415 g/mol. The zero-order chi connectivity index (χ0) is 21.4. The molecule has 2 atom stereocenters. The predicted molar refractivity (Wildman–Crippen MR) is 119 cm³/mol. The van der Waals surface area contributed by atoms with Gasteiger partial charge in [-0.15, -0.1) is 0 Å². The van der Waals surface area contributed by atoms with Crippen molar-refractivity contribution in [1.82, 2.24) is 10.2 Å². The summed E-state index contributed by atoms with van der Waals surface area (Å²) in [4.78, 5) is 27.9. The summed E-state index contributed by atoms with van der Waals surface area (Å²) in [7, 11) is 0. The molecule has 4 nitrogen and oxygen atoms in total. The number of benzene rings is 2. The van der Waals surface area contributed by atoms with E-state index in [1.165, 1.54) is 0 Å². The van der Waals surface area contributed by atoms with Gasteiger partial charge < -0.3 is 10.2 Å². The first-order chi connectivity index (χ1) is 13.8. The van der Waals surface area contributed by atoms with Gasteiger partial charge in [0.25, 0.3) is 0 Å².